The third-order valence-corrected chi connectivity index (χ3v) is 2.66. The average Bonchev–Trinajstić information content (AvgIpc) is 2.69. The van der Waals surface area contributed by atoms with Crippen LogP contribution in [0.2, 0.25) is 5.02 Å². The van der Waals surface area contributed by atoms with E-state index < -0.39 is 0 Å². The van der Waals surface area contributed by atoms with Crippen LogP contribution < -0.4 is 0 Å². The van der Waals surface area contributed by atoms with Crippen LogP contribution in [0.4, 0.5) is 0 Å². The number of halogens is 2. The maximum atomic E-state index is 6.10. The van der Waals surface area contributed by atoms with Crippen LogP contribution in [-0.4, -0.2) is 14.8 Å². The van der Waals surface area contributed by atoms with Gasteiger partial charge in [-0.15, -0.1) is 21.8 Å². The van der Waals surface area contributed by atoms with Gasteiger partial charge in [-0.05, 0) is 24.6 Å². The van der Waals surface area contributed by atoms with Crippen LogP contribution in [0.15, 0.2) is 24.5 Å². The first-order valence-corrected chi connectivity index (χ1v) is 5.35. The molecule has 0 saturated heterocycles. The number of aromatic nitrogens is 3. The van der Waals surface area contributed by atoms with E-state index in [-0.39, 0.29) is 0 Å². The van der Waals surface area contributed by atoms with E-state index in [1.165, 1.54) is 0 Å². The van der Waals surface area contributed by atoms with Gasteiger partial charge in [-0.25, -0.2) is 0 Å². The van der Waals surface area contributed by atoms with E-state index >= 15 is 0 Å². The van der Waals surface area contributed by atoms with Crippen LogP contribution in [0.3, 0.4) is 0 Å². The Morgan fingerprint density at radius 1 is 1.40 bits per heavy atom. The van der Waals surface area contributed by atoms with Crippen LogP contribution in [0, 0.1) is 6.92 Å². The van der Waals surface area contributed by atoms with Gasteiger partial charge >= 0.3 is 0 Å². The van der Waals surface area contributed by atoms with Crippen molar-refractivity contribution in [2.24, 2.45) is 0 Å². The zero-order valence-corrected chi connectivity index (χ0v) is 9.63. The van der Waals surface area contributed by atoms with Gasteiger partial charge in [0.05, 0.1) is 16.6 Å². The van der Waals surface area contributed by atoms with Crippen molar-refractivity contribution in [3.8, 4) is 5.69 Å². The number of alkyl halides is 1. The summed E-state index contributed by atoms with van der Waals surface area (Å²) < 4.78 is 1.79. The average molecular weight is 242 g/mol. The van der Waals surface area contributed by atoms with Gasteiger partial charge in [0.2, 0.25) is 0 Å². The van der Waals surface area contributed by atoms with Crippen molar-refractivity contribution in [3.63, 3.8) is 0 Å². The van der Waals surface area contributed by atoms with Crippen LogP contribution in [-0.2, 0) is 5.88 Å². The smallest absolute Gasteiger partial charge is 0.152 e. The molecular formula is C10H9Cl2N3. The summed E-state index contributed by atoms with van der Waals surface area (Å²) in [4.78, 5) is 0. The first-order chi connectivity index (χ1) is 7.22. The topological polar surface area (TPSA) is 30.7 Å². The lowest BCUT2D eigenvalue weighted by Crippen LogP contribution is -1.99. The lowest BCUT2D eigenvalue weighted by molar-refractivity contribution is 0.950. The van der Waals surface area contributed by atoms with Crippen molar-refractivity contribution in [1.29, 1.82) is 0 Å². The number of aryl methyl sites for hydroxylation is 1. The van der Waals surface area contributed by atoms with E-state index in [1.54, 1.807) is 10.9 Å². The molecule has 0 fully saturated rings. The van der Waals surface area contributed by atoms with Gasteiger partial charge in [-0.3, -0.25) is 4.57 Å². The van der Waals surface area contributed by atoms with E-state index in [0.29, 0.717) is 16.7 Å². The summed E-state index contributed by atoms with van der Waals surface area (Å²) in [7, 11) is 0. The number of hydrogen-bond acceptors (Lipinski definition) is 2. The first-order valence-electron chi connectivity index (χ1n) is 4.44. The fraction of sp³-hybridized carbons (Fsp3) is 0.200. The molecule has 0 bridgehead atoms. The highest BCUT2D eigenvalue weighted by atomic mass is 35.5. The number of benzene rings is 1. The second kappa shape index (κ2) is 4.21. The first kappa shape index (κ1) is 10.5. The van der Waals surface area contributed by atoms with Gasteiger partial charge in [0.25, 0.3) is 0 Å². The molecule has 0 radical (unpaired) electrons. The minimum absolute atomic E-state index is 0.310. The third kappa shape index (κ3) is 1.98. The molecule has 0 N–H and O–H groups in total. The predicted molar refractivity (Wildman–Crippen MR) is 60.7 cm³/mol. The molecule has 0 spiro atoms. The van der Waals surface area contributed by atoms with E-state index in [9.17, 15) is 0 Å². The maximum absolute atomic E-state index is 6.10. The van der Waals surface area contributed by atoms with Crippen LogP contribution >= 0.6 is 23.2 Å². The Bertz CT molecular complexity index is 479. The van der Waals surface area contributed by atoms with E-state index in [4.69, 9.17) is 23.2 Å². The van der Waals surface area contributed by atoms with Crippen molar-refractivity contribution < 1.29 is 0 Å². The SMILES string of the molecule is Cc1ccc(Cl)c(-n2cnnc2CCl)c1. The molecule has 0 aliphatic heterocycles. The van der Waals surface area contributed by atoms with Crippen molar-refractivity contribution in [2.45, 2.75) is 12.8 Å². The Kier molecular flexibility index (Phi) is 2.93. The van der Waals surface area contributed by atoms with E-state index in [2.05, 4.69) is 10.2 Å². The molecule has 0 amide bonds. The molecule has 0 aliphatic carbocycles. The molecule has 5 heteroatoms. The Labute approximate surface area is 97.7 Å². The number of nitrogens with zero attached hydrogens (tertiary/aromatic N) is 3. The fourth-order valence-electron chi connectivity index (χ4n) is 1.36. The summed E-state index contributed by atoms with van der Waals surface area (Å²) in [6.45, 7) is 2.00. The minimum atomic E-state index is 0.310. The predicted octanol–water partition coefficient (Wildman–Crippen LogP) is 2.97. The summed E-state index contributed by atoms with van der Waals surface area (Å²) in [5, 5.41) is 8.37. The lowest BCUT2D eigenvalue weighted by atomic mass is 10.2. The largest absolute Gasteiger partial charge is 0.283 e. The highest BCUT2D eigenvalue weighted by molar-refractivity contribution is 6.32. The molecule has 0 saturated carbocycles. The molecule has 1 heterocycles. The molecule has 15 heavy (non-hydrogen) atoms. The van der Waals surface area contributed by atoms with Crippen LogP contribution in [0.25, 0.3) is 5.69 Å². The highest BCUT2D eigenvalue weighted by Crippen LogP contribution is 2.22. The van der Waals surface area contributed by atoms with Gasteiger partial charge in [-0.2, -0.15) is 0 Å². The summed E-state index contributed by atoms with van der Waals surface area (Å²) in [6, 6.07) is 5.78. The van der Waals surface area contributed by atoms with Crippen molar-refractivity contribution in [2.75, 3.05) is 0 Å². The van der Waals surface area contributed by atoms with Gasteiger partial charge in [0, 0.05) is 0 Å². The van der Waals surface area contributed by atoms with Crippen LogP contribution in [0.1, 0.15) is 11.4 Å². The van der Waals surface area contributed by atoms with Gasteiger partial charge in [-0.1, -0.05) is 17.7 Å². The van der Waals surface area contributed by atoms with Crippen molar-refractivity contribution in [3.05, 3.63) is 40.9 Å². The number of rotatable bonds is 2. The summed E-state index contributed by atoms with van der Waals surface area (Å²) in [5.41, 5.74) is 1.99. The second-order valence-corrected chi connectivity index (χ2v) is 3.88. The van der Waals surface area contributed by atoms with Crippen LogP contribution in [0.5, 0.6) is 0 Å². The zero-order chi connectivity index (χ0) is 10.8. The third-order valence-electron chi connectivity index (χ3n) is 2.10. The normalized spacial score (nSPS) is 10.6. The molecule has 78 valence electrons. The van der Waals surface area contributed by atoms with E-state index in [1.807, 2.05) is 25.1 Å². The quantitative estimate of drug-likeness (QED) is 0.758. The highest BCUT2D eigenvalue weighted by Gasteiger charge is 2.08. The van der Waals surface area contributed by atoms with Crippen molar-refractivity contribution in [1.82, 2.24) is 14.8 Å². The summed E-state index contributed by atoms with van der Waals surface area (Å²) in [5.74, 6) is 0.994. The standard InChI is InChI=1S/C10H9Cl2N3/c1-7-2-3-8(12)9(4-7)15-6-13-14-10(15)5-11/h2-4,6H,5H2,1H3. The Balaban J connectivity index is 2.58. The zero-order valence-electron chi connectivity index (χ0n) is 8.11. The van der Waals surface area contributed by atoms with Gasteiger partial charge in [0.1, 0.15) is 6.33 Å². The summed E-state index contributed by atoms with van der Waals surface area (Å²) >= 11 is 11.8. The Morgan fingerprint density at radius 3 is 2.93 bits per heavy atom. The molecule has 1 aromatic carbocycles. The summed E-state index contributed by atoms with van der Waals surface area (Å²) in [6.07, 6.45) is 1.61. The lowest BCUT2D eigenvalue weighted by Gasteiger charge is -2.07. The Morgan fingerprint density at radius 2 is 2.20 bits per heavy atom. The molecule has 0 atom stereocenters. The Hall–Kier alpha value is -1.06. The fourth-order valence-corrected chi connectivity index (χ4v) is 1.75. The molecule has 2 aromatic rings. The monoisotopic (exact) mass is 241 g/mol. The molecule has 0 aliphatic rings. The molecule has 0 unspecified atom stereocenters. The van der Waals surface area contributed by atoms with E-state index in [0.717, 1.165) is 11.3 Å². The minimum Gasteiger partial charge on any atom is -0.283 e. The van der Waals surface area contributed by atoms with Gasteiger partial charge < -0.3 is 0 Å². The van der Waals surface area contributed by atoms with Crippen molar-refractivity contribution >= 4 is 23.2 Å². The van der Waals surface area contributed by atoms with Gasteiger partial charge in [0.15, 0.2) is 5.82 Å². The molecule has 1 aromatic heterocycles. The molecular weight excluding hydrogens is 233 g/mol. The molecule has 3 nitrogen and oxygen atoms in total. The number of hydrogen-bond donors (Lipinski definition) is 0. The second-order valence-electron chi connectivity index (χ2n) is 3.21. The maximum Gasteiger partial charge on any atom is 0.152 e. The molecule has 2 rings (SSSR count).